The van der Waals surface area contributed by atoms with E-state index in [4.69, 9.17) is 9.97 Å². The van der Waals surface area contributed by atoms with Gasteiger partial charge in [0.15, 0.2) is 0 Å². The van der Waals surface area contributed by atoms with Crippen LogP contribution < -0.4 is 0 Å². The quantitative estimate of drug-likeness (QED) is 0.166. The van der Waals surface area contributed by atoms with E-state index in [1.807, 2.05) is 11.3 Å². The van der Waals surface area contributed by atoms with Gasteiger partial charge in [-0.1, -0.05) is 146 Å². The summed E-state index contributed by atoms with van der Waals surface area (Å²) in [7, 11) is 0. The fourth-order valence-corrected chi connectivity index (χ4v) is 10.7. The molecule has 13 aromatic rings. The lowest BCUT2D eigenvalue weighted by Gasteiger charge is -2.14. The smallest absolute Gasteiger partial charge is 0.235 e. The Morgan fingerprint density at radius 1 is 0.375 bits per heavy atom. The van der Waals surface area contributed by atoms with Gasteiger partial charge in [0.2, 0.25) is 5.95 Å². The molecule has 3 nitrogen and oxygen atoms in total. The van der Waals surface area contributed by atoms with E-state index in [1.54, 1.807) is 0 Å². The maximum Gasteiger partial charge on any atom is 0.235 e. The van der Waals surface area contributed by atoms with Gasteiger partial charge in [-0.2, -0.15) is 0 Å². The topological polar surface area (TPSA) is 30.7 Å². The first kappa shape index (κ1) is 30.2. The zero-order valence-electron chi connectivity index (χ0n) is 30.0. The zero-order valence-corrected chi connectivity index (χ0v) is 30.8. The maximum atomic E-state index is 5.67. The van der Waals surface area contributed by atoms with Crippen LogP contribution in [0.5, 0.6) is 0 Å². The molecule has 0 radical (unpaired) electrons. The van der Waals surface area contributed by atoms with Crippen LogP contribution in [0.15, 0.2) is 176 Å². The molecule has 13 rings (SSSR count). The fraction of sp³-hybridized carbons (Fsp3) is 0. The van der Waals surface area contributed by atoms with Crippen molar-refractivity contribution in [3.8, 4) is 17.2 Å². The molecule has 4 heteroatoms. The van der Waals surface area contributed by atoms with Crippen LogP contribution in [-0.4, -0.2) is 14.5 Å². The average molecular weight is 728 g/mol. The largest absolute Gasteiger partial charge is 0.278 e. The molecule has 0 unspecified atom stereocenters. The van der Waals surface area contributed by atoms with Gasteiger partial charge in [-0.15, -0.1) is 11.3 Å². The van der Waals surface area contributed by atoms with Crippen LogP contribution >= 0.6 is 11.3 Å². The van der Waals surface area contributed by atoms with E-state index >= 15 is 0 Å². The minimum absolute atomic E-state index is 0.668. The molecule has 0 fully saturated rings. The van der Waals surface area contributed by atoms with Crippen molar-refractivity contribution >= 4 is 118 Å². The summed E-state index contributed by atoms with van der Waals surface area (Å²) in [6, 6.07) is 64.1. The molecule has 0 aliphatic heterocycles. The first-order chi connectivity index (χ1) is 27.8. The molecular weight excluding hydrogens is 699 g/mol. The van der Waals surface area contributed by atoms with Crippen LogP contribution in [0.4, 0.5) is 0 Å². The van der Waals surface area contributed by atoms with E-state index in [9.17, 15) is 0 Å². The Bertz CT molecular complexity index is 3800. The molecule has 3 heterocycles. The normalized spacial score (nSPS) is 12.3. The molecule has 0 saturated carbocycles. The highest BCUT2D eigenvalue weighted by Crippen LogP contribution is 2.46. The van der Waals surface area contributed by atoms with Gasteiger partial charge in [-0.25, -0.2) is 9.97 Å². The molecule has 0 bridgehead atoms. The third-order valence-corrected chi connectivity index (χ3v) is 13.2. The number of fused-ring (bicyclic) bond motifs is 17. The highest BCUT2D eigenvalue weighted by molar-refractivity contribution is 7.26. The predicted molar refractivity (Wildman–Crippen MR) is 240 cm³/mol. The average Bonchev–Trinajstić information content (AvgIpc) is 3.80. The van der Waals surface area contributed by atoms with Gasteiger partial charge in [0, 0.05) is 52.7 Å². The number of thiophene rings is 1. The van der Waals surface area contributed by atoms with Crippen molar-refractivity contribution in [2.75, 3.05) is 0 Å². The lowest BCUT2D eigenvalue weighted by atomic mass is 9.91. The van der Waals surface area contributed by atoms with Crippen molar-refractivity contribution < 1.29 is 0 Å². The third-order valence-electron chi connectivity index (χ3n) is 11.9. The lowest BCUT2D eigenvalue weighted by molar-refractivity contribution is 1.02. The monoisotopic (exact) mass is 727 g/mol. The number of nitrogens with zero attached hydrogens (tertiary/aromatic N) is 3. The molecule has 56 heavy (non-hydrogen) atoms. The van der Waals surface area contributed by atoms with Crippen molar-refractivity contribution in [2.24, 2.45) is 0 Å². The molecule has 258 valence electrons. The highest BCUT2D eigenvalue weighted by Gasteiger charge is 2.23. The molecule has 0 aliphatic rings. The van der Waals surface area contributed by atoms with Gasteiger partial charge in [-0.3, -0.25) is 4.57 Å². The summed E-state index contributed by atoms with van der Waals surface area (Å²) in [5, 5.41) is 18.2. The van der Waals surface area contributed by atoms with E-state index in [1.165, 1.54) is 74.0 Å². The molecule has 0 saturated heterocycles. The molecular formula is C52H29N3S. The summed E-state index contributed by atoms with van der Waals surface area (Å²) >= 11 is 1.84. The second-order valence-electron chi connectivity index (χ2n) is 14.9. The SMILES string of the molecule is c1ccc2cc3c(cc2c1)c1c2c4ccccc4c4ccccc4c2ccc1n3-c1nc(-c2cccc3c2sc2ccccc23)c2ccc3ccccc3c2n1. The Kier molecular flexibility index (Phi) is 6.04. The molecule has 0 aliphatic carbocycles. The number of aromatic nitrogens is 3. The minimum Gasteiger partial charge on any atom is -0.278 e. The van der Waals surface area contributed by atoms with Crippen LogP contribution in [0.25, 0.3) is 124 Å². The molecule has 3 aromatic heterocycles. The van der Waals surface area contributed by atoms with Crippen LogP contribution in [0.1, 0.15) is 0 Å². The second kappa shape index (κ2) is 11.2. The van der Waals surface area contributed by atoms with Gasteiger partial charge < -0.3 is 0 Å². The number of rotatable bonds is 2. The van der Waals surface area contributed by atoms with Crippen molar-refractivity contribution in [3.05, 3.63) is 176 Å². The van der Waals surface area contributed by atoms with Crippen LogP contribution in [0.2, 0.25) is 0 Å². The Morgan fingerprint density at radius 2 is 0.982 bits per heavy atom. The van der Waals surface area contributed by atoms with Gasteiger partial charge in [0.1, 0.15) is 0 Å². The summed E-state index contributed by atoms with van der Waals surface area (Å²) in [5.74, 6) is 0.668. The summed E-state index contributed by atoms with van der Waals surface area (Å²) in [5.41, 5.74) is 5.21. The van der Waals surface area contributed by atoms with Gasteiger partial charge in [0.25, 0.3) is 0 Å². The Labute approximate surface area is 324 Å². The van der Waals surface area contributed by atoms with Crippen LogP contribution in [-0.2, 0) is 0 Å². The molecule has 0 spiro atoms. The van der Waals surface area contributed by atoms with E-state index in [0.29, 0.717) is 5.95 Å². The van der Waals surface area contributed by atoms with Crippen molar-refractivity contribution in [2.45, 2.75) is 0 Å². The fourth-order valence-electron chi connectivity index (χ4n) is 9.49. The summed E-state index contributed by atoms with van der Waals surface area (Å²) < 4.78 is 4.85. The number of hydrogen-bond donors (Lipinski definition) is 0. The van der Waals surface area contributed by atoms with Gasteiger partial charge >= 0.3 is 0 Å². The predicted octanol–water partition coefficient (Wildman–Crippen LogP) is 14.5. The Morgan fingerprint density at radius 3 is 1.79 bits per heavy atom. The van der Waals surface area contributed by atoms with E-state index in [-0.39, 0.29) is 0 Å². The Hall–Kier alpha value is -7.14. The molecule has 10 aromatic carbocycles. The van der Waals surface area contributed by atoms with E-state index in [0.717, 1.165) is 44.0 Å². The van der Waals surface area contributed by atoms with Crippen LogP contribution in [0, 0.1) is 0 Å². The Balaban J connectivity index is 1.24. The maximum absolute atomic E-state index is 5.67. The van der Waals surface area contributed by atoms with Gasteiger partial charge in [-0.05, 0) is 73.4 Å². The summed E-state index contributed by atoms with van der Waals surface area (Å²) in [6.07, 6.45) is 0. The zero-order chi connectivity index (χ0) is 36.5. The second-order valence-corrected chi connectivity index (χ2v) is 15.9. The lowest BCUT2D eigenvalue weighted by Crippen LogP contribution is -2.04. The van der Waals surface area contributed by atoms with Crippen molar-refractivity contribution in [1.29, 1.82) is 0 Å². The van der Waals surface area contributed by atoms with Crippen molar-refractivity contribution in [1.82, 2.24) is 14.5 Å². The summed E-state index contributed by atoms with van der Waals surface area (Å²) in [6.45, 7) is 0. The molecule has 0 amide bonds. The number of hydrogen-bond acceptors (Lipinski definition) is 3. The molecule has 0 atom stereocenters. The molecule has 0 N–H and O–H groups in total. The summed E-state index contributed by atoms with van der Waals surface area (Å²) in [4.78, 5) is 11.3. The van der Waals surface area contributed by atoms with E-state index < -0.39 is 0 Å². The first-order valence-electron chi connectivity index (χ1n) is 19.1. The highest BCUT2D eigenvalue weighted by atomic mass is 32.1. The van der Waals surface area contributed by atoms with E-state index in [2.05, 4.69) is 180 Å². The van der Waals surface area contributed by atoms with Crippen molar-refractivity contribution in [3.63, 3.8) is 0 Å². The minimum atomic E-state index is 0.668. The third kappa shape index (κ3) is 4.06. The first-order valence-corrected chi connectivity index (χ1v) is 19.9. The number of benzene rings is 10. The van der Waals surface area contributed by atoms with Crippen LogP contribution in [0.3, 0.4) is 0 Å². The van der Waals surface area contributed by atoms with Gasteiger partial charge in [0.05, 0.1) is 22.2 Å². The standard InChI is InChI=1S/C52H29N3S/c1-2-14-32-29-45-43(28-31(32)13-1)48-44(27-26-39-36-18-6-5-16-34(36)35-17-7-8-20-38(35)47(39)48)55(45)52-53-49-33-15-4-3-12-30(33)24-25-41(49)50(54-52)42-22-11-21-40-37-19-9-10-23-46(37)56-51(40)42/h1-29H.